The molecule has 1 saturated heterocycles. The molecule has 0 spiro atoms. The van der Waals surface area contributed by atoms with Gasteiger partial charge in [0.15, 0.2) is 0 Å². The van der Waals surface area contributed by atoms with Crippen LogP contribution in [0.3, 0.4) is 0 Å². The number of hydrogen-bond acceptors (Lipinski definition) is 2. The summed E-state index contributed by atoms with van der Waals surface area (Å²) in [5.41, 5.74) is 6.39. The molecular formula is C15H21FN2O. The first kappa shape index (κ1) is 14.0. The van der Waals surface area contributed by atoms with E-state index in [2.05, 4.69) is 4.90 Å². The van der Waals surface area contributed by atoms with E-state index >= 15 is 0 Å². The molecule has 1 heterocycles. The quantitative estimate of drug-likeness (QED) is 0.883. The van der Waals surface area contributed by atoms with Gasteiger partial charge < -0.3 is 10.6 Å². The Kier molecular flexibility index (Phi) is 4.91. The van der Waals surface area contributed by atoms with E-state index in [-0.39, 0.29) is 11.7 Å². The Morgan fingerprint density at radius 3 is 2.47 bits per heavy atom. The van der Waals surface area contributed by atoms with Crippen molar-refractivity contribution < 1.29 is 9.18 Å². The van der Waals surface area contributed by atoms with Crippen LogP contribution in [0.25, 0.3) is 0 Å². The average molecular weight is 264 g/mol. The highest BCUT2D eigenvalue weighted by molar-refractivity contribution is 5.73. The second-order valence-electron chi connectivity index (χ2n) is 5.33. The van der Waals surface area contributed by atoms with E-state index in [9.17, 15) is 9.18 Å². The fourth-order valence-electron chi connectivity index (χ4n) is 2.64. The minimum absolute atomic E-state index is 0.184. The molecule has 2 N–H and O–H groups in total. The van der Waals surface area contributed by atoms with Gasteiger partial charge >= 0.3 is 0 Å². The van der Waals surface area contributed by atoms with Crippen molar-refractivity contribution in [2.75, 3.05) is 19.6 Å². The second-order valence-corrected chi connectivity index (χ2v) is 5.33. The van der Waals surface area contributed by atoms with Crippen molar-refractivity contribution in [3.8, 4) is 0 Å². The van der Waals surface area contributed by atoms with Crippen molar-refractivity contribution >= 4 is 5.91 Å². The predicted octanol–water partition coefficient (Wildman–Crippen LogP) is 1.96. The van der Waals surface area contributed by atoms with E-state index < -0.39 is 0 Å². The highest BCUT2D eigenvalue weighted by Gasteiger charge is 2.20. The van der Waals surface area contributed by atoms with E-state index in [1.54, 1.807) is 0 Å². The van der Waals surface area contributed by atoms with Gasteiger partial charge in [-0.2, -0.15) is 0 Å². The summed E-state index contributed by atoms with van der Waals surface area (Å²) in [6.07, 6.45) is 3.56. The van der Waals surface area contributed by atoms with Gasteiger partial charge in [0.1, 0.15) is 5.82 Å². The molecule has 0 aliphatic carbocycles. The van der Waals surface area contributed by atoms with Crippen LogP contribution >= 0.6 is 0 Å². The average Bonchev–Trinajstić information content (AvgIpc) is 2.39. The number of amides is 1. The number of carbonyl (C=O) groups is 1. The topological polar surface area (TPSA) is 46.3 Å². The summed E-state index contributed by atoms with van der Waals surface area (Å²) >= 11 is 0. The summed E-state index contributed by atoms with van der Waals surface area (Å²) < 4.78 is 12.8. The Hall–Kier alpha value is -1.42. The maximum atomic E-state index is 12.8. The number of nitrogens with two attached hydrogens (primary N) is 1. The molecule has 3 nitrogen and oxygen atoms in total. The molecule has 0 radical (unpaired) electrons. The fraction of sp³-hybridized carbons (Fsp3) is 0.533. The van der Waals surface area contributed by atoms with Gasteiger partial charge in [0, 0.05) is 13.0 Å². The van der Waals surface area contributed by atoms with Crippen LogP contribution < -0.4 is 5.73 Å². The maximum absolute atomic E-state index is 12.8. The molecule has 0 atom stereocenters. The molecule has 104 valence electrons. The van der Waals surface area contributed by atoms with Crippen molar-refractivity contribution in [1.82, 2.24) is 4.90 Å². The fourth-order valence-corrected chi connectivity index (χ4v) is 2.64. The van der Waals surface area contributed by atoms with E-state index in [1.165, 1.54) is 17.7 Å². The van der Waals surface area contributed by atoms with Crippen molar-refractivity contribution in [2.45, 2.75) is 25.7 Å². The largest absolute Gasteiger partial charge is 0.370 e. The van der Waals surface area contributed by atoms with Crippen molar-refractivity contribution in [3.63, 3.8) is 0 Å². The highest BCUT2D eigenvalue weighted by atomic mass is 19.1. The van der Waals surface area contributed by atoms with Crippen molar-refractivity contribution in [3.05, 3.63) is 35.6 Å². The first-order valence-electron chi connectivity index (χ1n) is 6.88. The SMILES string of the molecule is NC(=O)CC1CCN(CCc2ccc(F)cc2)CC1. The number of likely N-dealkylation sites (tertiary alicyclic amines) is 1. The molecule has 1 fully saturated rings. The zero-order valence-electron chi connectivity index (χ0n) is 11.1. The zero-order valence-corrected chi connectivity index (χ0v) is 11.1. The van der Waals surface area contributed by atoms with E-state index in [4.69, 9.17) is 5.73 Å². The Balaban J connectivity index is 1.71. The second kappa shape index (κ2) is 6.66. The summed E-state index contributed by atoms with van der Waals surface area (Å²) in [6, 6.07) is 6.70. The van der Waals surface area contributed by atoms with Crippen LogP contribution in [-0.2, 0) is 11.2 Å². The molecule has 19 heavy (non-hydrogen) atoms. The van der Waals surface area contributed by atoms with Crippen molar-refractivity contribution in [2.24, 2.45) is 11.7 Å². The van der Waals surface area contributed by atoms with Crippen LogP contribution in [0.1, 0.15) is 24.8 Å². The van der Waals surface area contributed by atoms with Crippen LogP contribution in [0.4, 0.5) is 4.39 Å². The molecule has 4 heteroatoms. The lowest BCUT2D eigenvalue weighted by Crippen LogP contribution is -2.36. The van der Waals surface area contributed by atoms with Crippen LogP contribution in [-0.4, -0.2) is 30.4 Å². The normalized spacial score (nSPS) is 17.5. The van der Waals surface area contributed by atoms with Crippen molar-refractivity contribution in [1.29, 1.82) is 0 Å². The van der Waals surface area contributed by atoms with Gasteiger partial charge in [-0.25, -0.2) is 4.39 Å². The third-order valence-electron chi connectivity index (χ3n) is 3.83. The smallest absolute Gasteiger partial charge is 0.217 e. The van der Waals surface area contributed by atoms with Gasteiger partial charge in [-0.05, 0) is 56.0 Å². The molecule has 1 amide bonds. The lowest BCUT2D eigenvalue weighted by molar-refractivity contribution is -0.119. The molecule has 0 saturated carbocycles. The van der Waals surface area contributed by atoms with E-state index in [1.807, 2.05) is 12.1 Å². The van der Waals surface area contributed by atoms with E-state index in [0.717, 1.165) is 38.9 Å². The number of halogens is 1. The van der Waals surface area contributed by atoms with Crippen LogP contribution in [0.5, 0.6) is 0 Å². The monoisotopic (exact) mass is 264 g/mol. The van der Waals surface area contributed by atoms with E-state index in [0.29, 0.717) is 12.3 Å². The van der Waals surface area contributed by atoms with Gasteiger partial charge in [-0.1, -0.05) is 12.1 Å². The summed E-state index contributed by atoms with van der Waals surface area (Å²) in [4.78, 5) is 13.3. The van der Waals surface area contributed by atoms with Gasteiger partial charge in [0.2, 0.25) is 5.91 Å². The molecule has 0 unspecified atom stereocenters. The number of benzene rings is 1. The number of nitrogens with zero attached hydrogens (tertiary/aromatic N) is 1. The third-order valence-corrected chi connectivity index (χ3v) is 3.83. The molecule has 0 bridgehead atoms. The first-order valence-corrected chi connectivity index (χ1v) is 6.88. The third kappa shape index (κ3) is 4.63. The summed E-state index contributed by atoms with van der Waals surface area (Å²) in [6.45, 7) is 3.05. The molecular weight excluding hydrogens is 243 g/mol. The predicted molar refractivity (Wildman–Crippen MR) is 73.1 cm³/mol. The standard InChI is InChI=1S/C15H21FN2O/c16-14-3-1-12(2-4-14)5-8-18-9-6-13(7-10-18)11-15(17)19/h1-4,13H,5-11H2,(H2,17,19). The number of carbonyl (C=O) groups excluding carboxylic acids is 1. The first-order chi connectivity index (χ1) is 9.13. The summed E-state index contributed by atoms with van der Waals surface area (Å²) in [5, 5.41) is 0. The lowest BCUT2D eigenvalue weighted by Gasteiger charge is -2.31. The number of rotatable bonds is 5. The Labute approximate surface area is 113 Å². The molecule has 1 aliphatic rings. The molecule has 2 rings (SSSR count). The Bertz CT molecular complexity index is 411. The number of hydrogen-bond donors (Lipinski definition) is 1. The molecule has 0 aromatic heterocycles. The van der Waals surface area contributed by atoms with Gasteiger partial charge in [-0.15, -0.1) is 0 Å². The Morgan fingerprint density at radius 1 is 1.26 bits per heavy atom. The molecule has 1 aliphatic heterocycles. The summed E-state index contributed by atoms with van der Waals surface area (Å²) in [7, 11) is 0. The number of primary amides is 1. The number of piperidine rings is 1. The highest BCUT2D eigenvalue weighted by Crippen LogP contribution is 2.20. The molecule has 1 aromatic carbocycles. The van der Waals surface area contributed by atoms with Crippen LogP contribution in [0.15, 0.2) is 24.3 Å². The molecule has 1 aromatic rings. The lowest BCUT2D eigenvalue weighted by atomic mass is 9.93. The van der Waals surface area contributed by atoms with Gasteiger partial charge in [0.25, 0.3) is 0 Å². The van der Waals surface area contributed by atoms with Crippen LogP contribution in [0.2, 0.25) is 0 Å². The van der Waals surface area contributed by atoms with Gasteiger partial charge in [0.05, 0.1) is 0 Å². The van der Waals surface area contributed by atoms with Crippen LogP contribution in [0, 0.1) is 11.7 Å². The van der Waals surface area contributed by atoms with Gasteiger partial charge in [-0.3, -0.25) is 4.79 Å². The minimum Gasteiger partial charge on any atom is -0.370 e. The summed E-state index contributed by atoms with van der Waals surface area (Å²) in [5.74, 6) is 0.0837. The maximum Gasteiger partial charge on any atom is 0.217 e. The minimum atomic E-state index is -0.190. The zero-order chi connectivity index (χ0) is 13.7. The Morgan fingerprint density at radius 2 is 1.89 bits per heavy atom.